The van der Waals surface area contributed by atoms with Gasteiger partial charge in [0.05, 0.1) is 6.61 Å². The average Bonchev–Trinajstić information content (AvgIpc) is 2.32. The van der Waals surface area contributed by atoms with E-state index in [9.17, 15) is 9.59 Å². The quantitative estimate of drug-likeness (QED) is 0.481. The van der Waals surface area contributed by atoms with Crippen molar-refractivity contribution in [3.8, 4) is 0 Å². The van der Waals surface area contributed by atoms with Crippen molar-refractivity contribution < 1.29 is 14.3 Å². The van der Waals surface area contributed by atoms with Crippen molar-refractivity contribution in [1.82, 2.24) is 0 Å². The molecule has 0 aliphatic carbocycles. The van der Waals surface area contributed by atoms with Gasteiger partial charge in [0, 0.05) is 19.3 Å². The lowest BCUT2D eigenvalue weighted by Crippen LogP contribution is -2.21. The first kappa shape index (κ1) is 17.1. The zero-order chi connectivity index (χ0) is 14.0. The molecule has 0 amide bonds. The van der Waals surface area contributed by atoms with Gasteiger partial charge in [-0.15, -0.1) is 0 Å². The monoisotopic (exact) mass is 257 g/mol. The summed E-state index contributed by atoms with van der Waals surface area (Å²) >= 11 is 0. The van der Waals surface area contributed by atoms with Gasteiger partial charge in [-0.25, -0.2) is 0 Å². The minimum atomic E-state index is -0.199. The number of carbonyl (C=O) groups is 2. The third-order valence-electron chi connectivity index (χ3n) is 2.85. The number of Topliss-reactive ketones (excluding diaryl/α,β-unsaturated/α-hetero) is 1. The van der Waals surface area contributed by atoms with Gasteiger partial charge in [0.15, 0.2) is 0 Å². The largest absolute Gasteiger partial charge is 0.466 e. The zero-order valence-electron chi connectivity index (χ0n) is 11.9. The van der Waals surface area contributed by atoms with Crippen LogP contribution in [0.15, 0.2) is 0 Å². The van der Waals surface area contributed by atoms with Gasteiger partial charge < -0.3 is 10.5 Å². The van der Waals surface area contributed by atoms with E-state index in [1.165, 1.54) is 0 Å². The topological polar surface area (TPSA) is 69.4 Å². The van der Waals surface area contributed by atoms with Crippen molar-refractivity contribution in [3.63, 3.8) is 0 Å². The van der Waals surface area contributed by atoms with Crippen LogP contribution in [0.2, 0.25) is 0 Å². The highest BCUT2D eigenvalue weighted by atomic mass is 16.5. The van der Waals surface area contributed by atoms with Gasteiger partial charge in [0.25, 0.3) is 0 Å². The molecule has 4 heteroatoms. The van der Waals surface area contributed by atoms with Crippen LogP contribution < -0.4 is 5.73 Å². The first-order valence-electron chi connectivity index (χ1n) is 6.86. The molecule has 0 spiro atoms. The van der Waals surface area contributed by atoms with Crippen LogP contribution in [0.5, 0.6) is 0 Å². The van der Waals surface area contributed by atoms with Gasteiger partial charge in [-0.2, -0.15) is 0 Å². The Morgan fingerprint density at radius 3 is 2.44 bits per heavy atom. The predicted molar refractivity (Wildman–Crippen MR) is 72.1 cm³/mol. The molecule has 18 heavy (non-hydrogen) atoms. The second-order valence-electron chi connectivity index (χ2n) is 5.15. The Morgan fingerprint density at radius 1 is 1.28 bits per heavy atom. The van der Waals surface area contributed by atoms with Gasteiger partial charge in [-0.3, -0.25) is 9.59 Å². The Kier molecular flexibility index (Phi) is 9.56. The summed E-state index contributed by atoms with van der Waals surface area (Å²) in [5.41, 5.74) is 5.63. The van der Waals surface area contributed by atoms with Crippen LogP contribution in [0.4, 0.5) is 0 Å². The Balaban J connectivity index is 3.72. The van der Waals surface area contributed by atoms with Crippen molar-refractivity contribution in [2.24, 2.45) is 17.6 Å². The summed E-state index contributed by atoms with van der Waals surface area (Å²) in [6.45, 7) is 6.92. The molecule has 0 aliphatic rings. The van der Waals surface area contributed by atoms with Crippen molar-refractivity contribution in [3.05, 3.63) is 0 Å². The zero-order valence-corrected chi connectivity index (χ0v) is 11.9. The summed E-state index contributed by atoms with van der Waals surface area (Å²) in [5, 5.41) is 0. The van der Waals surface area contributed by atoms with E-state index in [-0.39, 0.29) is 17.7 Å². The first-order valence-corrected chi connectivity index (χ1v) is 6.86. The van der Waals surface area contributed by atoms with Gasteiger partial charge in [-0.1, -0.05) is 20.8 Å². The fourth-order valence-corrected chi connectivity index (χ4v) is 1.86. The second kappa shape index (κ2) is 10.1. The molecule has 0 saturated carbocycles. The van der Waals surface area contributed by atoms with Crippen LogP contribution in [-0.4, -0.2) is 24.9 Å². The minimum absolute atomic E-state index is 0.199. The van der Waals surface area contributed by atoms with Crippen LogP contribution in [0, 0.1) is 11.8 Å². The molecule has 0 saturated heterocycles. The van der Waals surface area contributed by atoms with Crippen LogP contribution in [-0.2, 0) is 14.3 Å². The van der Waals surface area contributed by atoms with Crippen LogP contribution in [0.3, 0.4) is 0 Å². The molecule has 0 radical (unpaired) electrons. The lowest BCUT2D eigenvalue weighted by molar-refractivity contribution is -0.145. The van der Waals surface area contributed by atoms with E-state index in [1.54, 1.807) is 0 Å². The fraction of sp³-hybridized carbons (Fsp3) is 0.857. The summed E-state index contributed by atoms with van der Waals surface area (Å²) in [6.07, 6.45) is 3.00. The number of ether oxygens (including phenoxy) is 1. The lowest BCUT2D eigenvalue weighted by atomic mass is 9.94. The maximum atomic E-state index is 11.5. The molecule has 0 rings (SSSR count). The smallest absolute Gasteiger partial charge is 0.306 e. The molecule has 0 aromatic rings. The summed E-state index contributed by atoms with van der Waals surface area (Å²) in [6, 6.07) is 0. The maximum Gasteiger partial charge on any atom is 0.306 e. The van der Waals surface area contributed by atoms with Crippen LogP contribution in [0.1, 0.15) is 52.9 Å². The van der Waals surface area contributed by atoms with E-state index < -0.39 is 0 Å². The number of nitrogens with two attached hydrogens (primary N) is 1. The molecule has 0 bridgehead atoms. The molecule has 0 unspecified atom stereocenters. The number of carbonyl (C=O) groups excluding carboxylic acids is 2. The third-order valence-corrected chi connectivity index (χ3v) is 2.85. The van der Waals surface area contributed by atoms with E-state index in [2.05, 4.69) is 13.8 Å². The standard InChI is InChI=1S/C14H27NO3/c1-4-13(16)6-5-7-18-14(17)9-12(10-15)8-11(2)3/h11-12H,4-10,15H2,1-3H3/t12-/m0/s1. The van der Waals surface area contributed by atoms with Crippen molar-refractivity contribution in [1.29, 1.82) is 0 Å². The summed E-state index contributed by atoms with van der Waals surface area (Å²) in [7, 11) is 0. The molecule has 1 atom stereocenters. The molecule has 2 N–H and O–H groups in total. The van der Waals surface area contributed by atoms with Gasteiger partial charge in [0.2, 0.25) is 0 Å². The normalized spacial score (nSPS) is 12.5. The van der Waals surface area contributed by atoms with Gasteiger partial charge in [-0.05, 0) is 31.2 Å². The summed E-state index contributed by atoms with van der Waals surface area (Å²) < 4.78 is 5.10. The summed E-state index contributed by atoms with van der Waals surface area (Å²) in [5.74, 6) is 0.754. The Labute approximate surface area is 110 Å². The first-order chi connectivity index (χ1) is 8.49. The highest BCUT2D eigenvalue weighted by Gasteiger charge is 2.14. The van der Waals surface area contributed by atoms with E-state index in [1.807, 2.05) is 6.92 Å². The van der Waals surface area contributed by atoms with Crippen LogP contribution >= 0.6 is 0 Å². The summed E-state index contributed by atoms with van der Waals surface area (Å²) in [4.78, 5) is 22.6. The minimum Gasteiger partial charge on any atom is -0.466 e. The number of hydrogen-bond acceptors (Lipinski definition) is 4. The Bertz CT molecular complexity index is 251. The molecule has 4 nitrogen and oxygen atoms in total. The maximum absolute atomic E-state index is 11.5. The highest BCUT2D eigenvalue weighted by Crippen LogP contribution is 2.14. The van der Waals surface area contributed by atoms with Gasteiger partial charge in [0.1, 0.15) is 5.78 Å². The molecule has 0 aromatic carbocycles. The van der Waals surface area contributed by atoms with E-state index in [0.29, 0.717) is 44.8 Å². The number of esters is 1. The van der Waals surface area contributed by atoms with E-state index >= 15 is 0 Å². The van der Waals surface area contributed by atoms with Crippen LogP contribution in [0.25, 0.3) is 0 Å². The van der Waals surface area contributed by atoms with E-state index in [0.717, 1.165) is 6.42 Å². The predicted octanol–water partition coefficient (Wildman–Crippen LogP) is 2.30. The van der Waals surface area contributed by atoms with Gasteiger partial charge >= 0.3 is 5.97 Å². The highest BCUT2D eigenvalue weighted by molar-refractivity contribution is 5.78. The molecule has 0 aliphatic heterocycles. The van der Waals surface area contributed by atoms with Crippen molar-refractivity contribution in [2.75, 3.05) is 13.2 Å². The fourth-order valence-electron chi connectivity index (χ4n) is 1.86. The SMILES string of the molecule is CCC(=O)CCCOC(=O)C[C@@H](CN)CC(C)C. The molecule has 0 heterocycles. The number of hydrogen-bond donors (Lipinski definition) is 1. The lowest BCUT2D eigenvalue weighted by Gasteiger charge is -2.16. The average molecular weight is 257 g/mol. The second-order valence-corrected chi connectivity index (χ2v) is 5.15. The van der Waals surface area contributed by atoms with E-state index in [4.69, 9.17) is 10.5 Å². The molecule has 0 aromatic heterocycles. The van der Waals surface area contributed by atoms with Crippen molar-refractivity contribution >= 4 is 11.8 Å². The third kappa shape index (κ3) is 9.16. The molecular weight excluding hydrogens is 230 g/mol. The van der Waals surface area contributed by atoms with Crippen molar-refractivity contribution in [2.45, 2.75) is 52.9 Å². The number of ketones is 1. The molecule has 106 valence electrons. The molecular formula is C14H27NO3. The number of rotatable bonds is 10. The molecule has 0 fully saturated rings. The Morgan fingerprint density at radius 2 is 1.94 bits per heavy atom. The Hall–Kier alpha value is -0.900.